The van der Waals surface area contributed by atoms with Crippen molar-refractivity contribution in [1.82, 2.24) is 0 Å². The van der Waals surface area contributed by atoms with Crippen molar-refractivity contribution in [3.05, 3.63) is 59.0 Å². The molecule has 0 atom stereocenters. The molecule has 0 bridgehead atoms. The fraction of sp³-hybridized carbons (Fsp3) is 0.0588. The van der Waals surface area contributed by atoms with Crippen LogP contribution in [-0.2, 0) is 4.79 Å². The highest BCUT2D eigenvalue weighted by Crippen LogP contribution is 2.35. The summed E-state index contributed by atoms with van der Waals surface area (Å²) in [6.07, 6.45) is 1.61. The van der Waals surface area contributed by atoms with Gasteiger partial charge in [0.05, 0.1) is 12.0 Å². The summed E-state index contributed by atoms with van der Waals surface area (Å²) in [6.45, 7) is 0. The number of aromatic hydroxyl groups is 1. The van der Waals surface area contributed by atoms with E-state index in [1.807, 2.05) is 30.3 Å². The summed E-state index contributed by atoms with van der Waals surface area (Å²) in [4.78, 5) is 16.4. The van der Waals surface area contributed by atoms with Crippen molar-refractivity contribution in [2.75, 3.05) is 12.4 Å². The Labute approximate surface area is 137 Å². The van der Waals surface area contributed by atoms with Gasteiger partial charge in [-0.1, -0.05) is 30.3 Å². The van der Waals surface area contributed by atoms with Crippen molar-refractivity contribution in [1.29, 1.82) is 0 Å². The fourth-order valence-corrected chi connectivity index (χ4v) is 2.89. The van der Waals surface area contributed by atoms with Gasteiger partial charge in [-0.25, -0.2) is 0 Å². The van der Waals surface area contributed by atoms with Crippen LogP contribution in [0.1, 0.15) is 5.56 Å². The molecule has 0 radical (unpaired) electrons. The standard InChI is InChI=1S/C17H14N2O3S/c1-22-13-9-5-6-11(15(13)20)10-14-16(21)19-17(23-14)18-12-7-3-2-4-8-12/h2-10,20H,1H3,(H,18,19,21). The number of anilines is 1. The molecule has 1 aliphatic heterocycles. The van der Waals surface area contributed by atoms with E-state index < -0.39 is 0 Å². The first-order valence-electron chi connectivity index (χ1n) is 6.88. The summed E-state index contributed by atoms with van der Waals surface area (Å²) in [5, 5.41) is 13.7. The van der Waals surface area contributed by atoms with Crippen molar-refractivity contribution < 1.29 is 14.6 Å². The Bertz CT molecular complexity index is 801. The normalized spacial score (nSPS) is 15.6. The van der Waals surface area contributed by atoms with E-state index in [1.54, 1.807) is 24.3 Å². The Hall–Kier alpha value is -2.73. The topological polar surface area (TPSA) is 70.9 Å². The summed E-state index contributed by atoms with van der Waals surface area (Å²) in [6, 6.07) is 14.6. The SMILES string of the molecule is COc1cccc(C=C2SC(Nc3ccccc3)=NC2=O)c1O. The van der Waals surface area contributed by atoms with Crippen LogP contribution in [0.5, 0.6) is 11.5 Å². The molecule has 23 heavy (non-hydrogen) atoms. The van der Waals surface area contributed by atoms with Crippen molar-refractivity contribution >= 4 is 34.6 Å². The predicted molar refractivity (Wildman–Crippen MR) is 92.7 cm³/mol. The summed E-state index contributed by atoms with van der Waals surface area (Å²) in [7, 11) is 1.48. The van der Waals surface area contributed by atoms with E-state index in [0.717, 1.165) is 5.69 Å². The molecule has 0 saturated carbocycles. The van der Waals surface area contributed by atoms with Gasteiger partial charge in [0, 0.05) is 11.3 Å². The number of ether oxygens (including phenoxy) is 1. The van der Waals surface area contributed by atoms with Crippen molar-refractivity contribution in [2.24, 2.45) is 4.99 Å². The number of phenols is 1. The number of amides is 1. The number of nitrogens with one attached hydrogen (secondary N) is 1. The van der Waals surface area contributed by atoms with Crippen molar-refractivity contribution in [3.8, 4) is 11.5 Å². The average Bonchev–Trinajstić information content (AvgIpc) is 2.90. The number of hydrogen-bond acceptors (Lipinski definition) is 5. The second kappa shape index (κ2) is 6.58. The van der Waals surface area contributed by atoms with Gasteiger partial charge in [-0.15, -0.1) is 0 Å². The highest BCUT2D eigenvalue weighted by molar-refractivity contribution is 8.18. The number of aliphatic imine (C=N–C) groups is 1. The molecule has 2 aromatic rings. The van der Waals surface area contributed by atoms with Crippen molar-refractivity contribution in [2.45, 2.75) is 0 Å². The van der Waals surface area contributed by atoms with E-state index in [4.69, 9.17) is 4.74 Å². The van der Waals surface area contributed by atoms with E-state index >= 15 is 0 Å². The number of para-hydroxylation sites is 2. The van der Waals surface area contributed by atoms with Gasteiger partial charge in [0.1, 0.15) is 0 Å². The zero-order valence-electron chi connectivity index (χ0n) is 12.3. The quantitative estimate of drug-likeness (QED) is 0.845. The molecule has 1 amide bonds. The number of thioether (sulfide) groups is 1. The molecule has 5 nitrogen and oxygen atoms in total. The molecule has 3 rings (SSSR count). The number of carbonyl (C=O) groups is 1. The van der Waals surface area contributed by atoms with Crippen LogP contribution < -0.4 is 10.1 Å². The average molecular weight is 326 g/mol. The second-order valence-electron chi connectivity index (χ2n) is 4.72. The smallest absolute Gasteiger partial charge is 0.286 e. The number of carbonyl (C=O) groups excluding carboxylic acids is 1. The summed E-state index contributed by atoms with van der Waals surface area (Å²) < 4.78 is 5.07. The molecule has 0 spiro atoms. The van der Waals surface area contributed by atoms with Crippen LogP contribution in [-0.4, -0.2) is 23.3 Å². The van der Waals surface area contributed by atoms with E-state index in [2.05, 4.69) is 10.3 Å². The molecule has 2 aromatic carbocycles. The Morgan fingerprint density at radius 2 is 1.96 bits per heavy atom. The first-order chi connectivity index (χ1) is 11.2. The van der Waals surface area contributed by atoms with Crippen LogP contribution in [0.15, 0.2) is 58.4 Å². The molecule has 0 saturated heterocycles. The molecule has 0 unspecified atom stereocenters. The Balaban J connectivity index is 1.80. The van der Waals surface area contributed by atoms with Gasteiger partial charge in [-0.3, -0.25) is 4.79 Å². The maximum absolute atomic E-state index is 12.0. The van der Waals surface area contributed by atoms with E-state index in [0.29, 0.717) is 21.4 Å². The molecular weight excluding hydrogens is 312 g/mol. The second-order valence-corrected chi connectivity index (χ2v) is 5.75. The van der Waals surface area contributed by atoms with Crippen LogP contribution in [0, 0.1) is 0 Å². The molecule has 116 valence electrons. The van der Waals surface area contributed by atoms with Crippen LogP contribution in [0.3, 0.4) is 0 Å². The number of amidine groups is 1. The lowest BCUT2D eigenvalue weighted by Crippen LogP contribution is -2.04. The van der Waals surface area contributed by atoms with Crippen LogP contribution in [0.2, 0.25) is 0 Å². The molecule has 0 aromatic heterocycles. The van der Waals surface area contributed by atoms with Crippen molar-refractivity contribution in [3.63, 3.8) is 0 Å². The third kappa shape index (κ3) is 3.37. The first kappa shape index (κ1) is 15.2. The lowest BCUT2D eigenvalue weighted by molar-refractivity contribution is -0.113. The molecule has 0 fully saturated rings. The highest BCUT2D eigenvalue weighted by Gasteiger charge is 2.22. The van der Waals surface area contributed by atoms with E-state index in [-0.39, 0.29) is 11.7 Å². The lowest BCUT2D eigenvalue weighted by atomic mass is 10.1. The third-order valence-corrected chi connectivity index (χ3v) is 4.08. The molecule has 0 aliphatic carbocycles. The predicted octanol–water partition coefficient (Wildman–Crippen LogP) is 3.48. The Kier molecular flexibility index (Phi) is 4.34. The molecule has 6 heteroatoms. The Morgan fingerprint density at radius 3 is 2.70 bits per heavy atom. The van der Waals surface area contributed by atoms with Gasteiger partial charge in [-0.05, 0) is 36.0 Å². The fourth-order valence-electron chi connectivity index (χ4n) is 2.07. The zero-order chi connectivity index (χ0) is 16.2. The van der Waals surface area contributed by atoms with Gasteiger partial charge >= 0.3 is 0 Å². The number of phenolic OH excluding ortho intramolecular Hbond substituents is 1. The minimum absolute atomic E-state index is 0.000341. The molecule has 2 N–H and O–H groups in total. The van der Waals surface area contributed by atoms with Gasteiger partial charge < -0.3 is 15.2 Å². The van der Waals surface area contributed by atoms with E-state index in [9.17, 15) is 9.90 Å². The molecular formula is C17H14N2O3S. The summed E-state index contributed by atoms with van der Waals surface area (Å²) >= 11 is 1.23. The number of hydrogen-bond donors (Lipinski definition) is 2. The van der Waals surface area contributed by atoms with Gasteiger partial charge in [0.2, 0.25) is 0 Å². The number of benzene rings is 2. The minimum atomic E-state index is -0.337. The third-order valence-electron chi connectivity index (χ3n) is 3.18. The van der Waals surface area contributed by atoms with Gasteiger partial charge in [-0.2, -0.15) is 4.99 Å². The van der Waals surface area contributed by atoms with Gasteiger partial charge in [0.25, 0.3) is 5.91 Å². The van der Waals surface area contributed by atoms with E-state index in [1.165, 1.54) is 18.9 Å². The van der Waals surface area contributed by atoms with Crippen LogP contribution >= 0.6 is 11.8 Å². The largest absolute Gasteiger partial charge is 0.504 e. The molecule has 1 heterocycles. The minimum Gasteiger partial charge on any atom is -0.504 e. The first-order valence-corrected chi connectivity index (χ1v) is 7.69. The lowest BCUT2D eigenvalue weighted by Gasteiger charge is -2.06. The van der Waals surface area contributed by atoms with Crippen LogP contribution in [0.4, 0.5) is 5.69 Å². The highest BCUT2D eigenvalue weighted by atomic mass is 32.2. The molecule has 1 aliphatic rings. The van der Waals surface area contributed by atoms with Gasteiger partial charge in [0.15, 0.2) is 16.7 Å². The number of nitrogens with zero attached hydrogens (tertiary/aromatic N) is 1. The Morgan fingerprint density at radius 1 is 1.17 bits per heavy atom. The maximum atomic E-state index is 12.0. The van der Waals surface area contributed by atoms with Crippen LogP contribution in [0.25, 0.3) is 6.08 Å². The maximum Gasteiger partial charge on any atom is 0.286 e. The zero-order valence-corrected chi connectivity index (χ0v) is 13.1. The number of rotatable bonds is 3. The summed E-state index contributed by atoms with van der Waals surface area (Å²) in [5.74, 6) is 0.0226. The summed E-state index contributed by atoms with van der Waals surface area (Å²) in [5.41, 5.74) is 1.37. The monoisotopic (exact) mass is 326 g/mol. The number of methoxy groups -OCH3 is 1.